The van der Waals surface area contributed by atoms with Gasteiger partial charge >= 0.3 is 0 Å². The quantitative estimate of drug-likeness (QED) is 0.530. The van der Waals surface area contributed by atoms with Crippen LogP contribution in [-0.2, 0) is 4.74 Å². The van der Waals surface area contributed by atoms with Gasteiger partial charge < -0.3 is 15.2 Å². The molecule has 0 aliphatic carbocycles. The van der Waals surface area contributed by atoms with E-state index >= 15 is 0 Å². The normalized spacial score (nSPS) is 15.7. The molecule has 0 bridgehead atoms. The van der Waals surface area contributed by atoms with Crippen LogP contribution in [0.25, 0.3) is 0 Å². The van der Waals surface area contributed by atoms with Crippen molar-refractivity contribution in [3.05, 3.63) is 11.5 Å². The molecule has 2 N–H and O–H groups in total. The summed E-state index contributed by atoms with van der Waals surface area (Å²) >= 11 is 3.53. The fourth-order valence-electron chi connectivity index (χ4n) is 0.914. The summed E-state index contributed by atoms with van der Waals surface area (Å²) < 4.78 is 5.05. The molecule has 0 atom stereocenters. The molecule has 1 aliphatic rings. The second-order valence-corrected chi connectivity index (χ2v) is 5.02. The Kier molecular flexibility index (Phi) is 11.2. The summed E-state index contributed by atoms with van der Waals surface area (Å²) in [5.41, 5.74) is -0.263. The molecule has 0 aromatic heterocycles. The van der Waals surface area contributed by atoms with Gasteiger partial charge in [-0.25, -0.2) is 0 Å². The van der Waals surface area contributed by atoms with Crippen molar-refractivity contribution >= 4 is 20.5 Å². The van der Waals surface area contributed by atoms with Crippen molar-refractivity contribution in [2.75, 3.05) is 26.5 Å². The molecule has 0 fully saturated rings. The highest BCUT2D eigenvalue weighted by Gasteiger charge is 2.34. The Morgan fingerprint density at radius 1 is 1.33 bits per heavy atom. The molecule has 1 rings (SSSR count). The van der Waals surface area contributed by atoms with Gasteiger partial charge in [-0.05, 0) is 46.9 Å². The van der Waals surface area contributed by atoms with Crippen molar-refractivity contribution in [1.82, 2.24) is 5.32 Å². The maximum atomic E-state index is 9.42. The van der Waals surface area contributed by atoms with E-state index in [4.69, 9.17) is 12.6 Å². The van der Waals surface area contributed by atoms with Crippen LogP contribution in [0.1, 0.15) is 34.1 Å². The van der Waals surface area contributed by atoms with Crippen LogP contribution in [0.3, 0.4) is 0 Å². The van der Waals surface area contributed by atoms with Crippen LogP contribution in [0.15, 0.2) is 11.5 Å². The van der Waals surface area contributed by atoms with Gasteiger partial charge in [0.1, 0.15) is 7.85 Å². The Balaban J connectivity index is 0. The zero-order valence-corrected chi connectivity index (χ0v) is 13.5. The highest BCUT2D eigenvalue weighted by Crippen LogP contribution is 2.23. The second kappa shape index (κ2) is 9.90. The van der Waals surface area contributed by atoms with Gasteiger partial charge in [0, 0.05) is 13.7 Å². The van der Waals surface area contributed by atoms with E-state index < -0.39 is 11.2 Å². The third-order valence-electron chi connectivity index (χ3n) is 3.04. The number of nitrogens with one attached hydrogen (secondary N) is 1. The van der Waals surface area contributed by atoms with Crippen molar-refractivity contribution in [2.24, 2.45) is 0 Å². The summed E-state index contributed by atoms with van der Waals surface area (Å²) in [4.78, 5) is 0. The minimum absolute atomic E-state index is 0.465. The van der Waals surface area contributed by atoms with Crippen LogP contribution in [0.5, 0.6) is 0 Å². The Hall–Kier alpha value is 0.0349. The van der Waals surface area contributed by atoms with Crippen LogP contribution in [0, 0.1) is 0 Å². The molecule has 0 aromatic carbocycles. The predicted octanol–water partition coefficient (Wildman–Crippen LogP) is 1.76. The van der Waals surface area contributed by atoms with E-state index in [1.165, 1.54) is 0 Å². The van der Waals surface area contributed by atoms with E-state index in [0.717, 1.165) is 25.0 Å². The van der Waals surface area contributed by atoms with Gasteiger partial charge in [0.15, 0.2) is 0 Å². The van der Waals surface area contributed by atoms with Gasteiger partial charge in [0.25, 0.3) is 0 Å². The highest BCUT2D eigenvalue weighted by atomic mass is 32.1. The summed E-state index contributed by atoms with van der Waals surface area (Å²) in [5.74, 6) is 0. The van der Waals surface area contributed by atoms with Crippen molar-refractivity contribution in [3.8, 4) is 0 Å². The number of ether oxygens (including phenoxy) is 1. The minimum atomic E-state index is -0.776. The van der Waals surface area contributed by atoms with Gasteiger partial charge in [-0.2, -0.15) is 12.6 Å². The summed E-state index contributed by atoms with van der Waals surface area (Å²) in [6, 6.07) is 0. The van der Waals surface area contributed by atoms with Crippen molar-refractivity contribution in [1.29, 1.82) is 0 Å². The van der Waals surface area contributed by atoms with Crippen molar-refractivity contribution in [3.63, 3.8) is 0 Å². The highest BCUT2D eigenvalue weighted by molar-refractivity contribution is 7.79. The smallest absolute Gasteiger partial charge is 0.109 e. The van der Waals surface area contributed by atoms with Gasteiger partial charge in [-0.15, -0.1) is 5.47 Å². The molecule has 0 amide bonds. The average molecular weight is 273 g/mol. The first-order valence-electron chi connectivity index (χ1n) is 6.08. The third kappa shape index (κ3) is 9.03. The van der Waals surface area contributed by atoms with Crippen LogP contribution in [0.2, 0.25) is 0 Å². The lowest BCUT2D eigenvalue weighted by atomic mass is 9.90. The monoisotopic (exact) mass is 273 g/mol. The van der Waals surface area contributed by atoms with Gasteiger partial charge in [-0.1, -0.05) is 6.08 Å². The fraction of sp³-hybridized carbons (Fsp3) is 0.846. The summed E-state index contributed by atoms with van der Waals surface area (Å²) in [7, 11) is 7.03. The molecule has 1 heterocycles. The fourth-order valence-corrected chi connectivity index (χ4v) is 0.914. The van der Waals surface area contributed by atoms with Crippen LogP contribution < -0.4 is 5.32 Å². The summed E-state index contributed by atoms with van der Waals surface area (Å²) in [6.07, 6.45) is 4.85. The molecule has 0 spiro atoms. The van der Waals surface area contributed by atoms with Gasteiger partial charge in [0.2, 0.25) is 0 Å². The topological polar surface area (TPSA) is 41.5 Å². The van der Waals surface area contributed by atoms with E-state index in [9.17, 15) is 5.11 Å². The molecule has 106 valence electrons. The average Bonchev–Trinajstić information content (AvgIpc) is 2.32. The molecule has 5 heteroatoms. The minimum Gasteiger partial charge on any atom is -0.387 e. The molecule has 0 unspecified atom stereocenters. The Morgan fingerprint density at radius 3 is 1.94 bits per heavy atom. The van der Waals surface area contributed by atoms with Gasteiger partial charge in [-0.3, -0.25) is 0 Å². The number of thiol groups is 1. The SMILES string of the molecule is COC(C)(C)C(C)(C)O.CS.[B]C1=CCCNC1. The lowest BCUT2D eigenvalue weighted by Gasteiger charge is -2.35. The predicted molar refractivity (Wildman–Crippen MR) is 83.6 cm³/mol. The first-order valence-corrected chi connectivity index (χ1v) is 6.97. The standard InChI is InChI=1S/C7H16O2.C5H8BN.CH4S/c1-6(2,8)7(3,4)9-5;6-5-2-1-3-7-4-5;1-2/h8H,1-5H3;2,7H,1,3-4H2;2H,1H3. The lowest BCUT2D eigenvalue weighted by molar-refractivity contribution is -0.129. The van der Waals surface area contributed by atoms with E-state index in [1.807, 2.05) is 13.8 Å². The first kappa shape index (κ1) is 20.4. The van der Waals surface area contributed by atoms with Crippen molar-refractivity contribution in [2.45, 2.75) is 45.3 Å². The molecule has 1 aliphatic heterocycles. The zero-order valence-electron chi connectivity index (χ0n) is 12.6. The molecule has 18 heavy (non-hydrogen) atoms. The zero-order chi connectivity index (χ0) is 14.8. The molecule has 2 radical (unpaired) electrons. The maximum Gasteiger partial charge on any atom is 0.109 e. The molecular weight excluding hydrogens is 245 g/mol. The van der Waals surface area contributed by atoms with E-state index in [-0.39, 0.29) is 0 Å². The van der Waals surface area contributed by atoms with E-state index in [2.05, 4.69) is 24.0 Å². The number of rotatable bonds is 2. The Morgan fingerprint density at radius 2 is 1.83 bits per heavy atom. The van der Waals surface area contributed by atoms with Crippen molar-refractivity contribution < 1.29 is 9.84 Å². The third-order valence-corrected chi connectivity index (χ3v) is 3.04. The summed E-state index contributed by atoms with van der Waals surface area (Å²) in [5, 5.41) is 12.6. The molecule has 0 aromatic rings. The summed E-state index contributed by atoms with van der Waals surface area (Å²) in [6.45, 7) is 9.13. The van der Waals surface area contributed by atoms with Crippen LogP contribution in [0.4, 0.5) is 0 Å². The van der Waals surface area contributed by atoms with Crippen LogP contribution >= 0.6 is 12.6 Å². The number of hydrogen-bond donors (Lipinski definition) is 3. The molecular formula is C13H28BNO2S. The van der Waals surface area contributed by atoms with E-state index in [1.54, 1.807) is 27.2 Å². The second-order valence-electron chi connectivity index (χ2n) is 5.02. The number of methoxy groups -OCH3 is 1. The molecule has 0 saturated heterocycles. The number of aliphatic hydroxyl groups is 1. The maximum absolute atomic E-state index is 9.42. The Bertz CT molecular complexity index is 238. The molecule has 0 saturated carbocycles. The number of hydrogen-bond acceptors (Lipinski definition) is 4. The first-order chi connectivity index (χ1) is 8.20. The largest absolute Gasteiger partial charge is 0.387 e. The molecule has 3 nitrogen and oxygen atoms in total. The van der Waals surface area contributed by atoms with Gasteiger partial charge in [0.05, 0.1) is 11.2 Å². The van der Waals surface area contributed by atoms with Crippen LogP contribution in [-0.4, -0.2) is 50.6 Å². The lowest BCUT2D eigenvalue weighted by Crippen LogP contribution is -2.46. The Labute approximate surface area is 119 Å². The van der Waals surface area contributed by atoms with E-state index in [0.29, 0.717) is 0 Å².